The number of urea groups is 1. The van der Waals surface area contributed by atoms with Crippen LogP contribution >= 0.6 is 8.25 Å². The quantitative estimate of drug-likeness (QED) is 0.155. The number of carbonyl (C=O) groups excluding carboxylic acids is 1. The van der Waals surface area contributed by atoms with Gasteiger partial charge in [-0.15, -0.1) is 0 Å². The van der Waals surface area contributed by atoms with Gasteiger partial charge >= 0.3 is 14.3 Å². The first-order valence-corrected chi connectivity index (χ1v) is 15.8. The van der Waals surface area contributed by atoms with E-state index in [1.165, 1.54) is 0 Å². The molecule has 5 atom stereocenters. The molecule has 10 heteroatoms. The maximum absolute atomic E-state index is 14.6. The Hall–Kier alpha value is -3.98. The molecular formula is C34H37N2O7P. The molecule has 0 aromatic heterocycles. The summed E-state index contributed by atoms with van der Waals surface area (Å²) >= 11 is 0. The first-order chi connectivity index (χ1) is 21.4. The van der Waals surface area contributed by atoms with Gasteiger partial charge in [0.15, 0.2) is 6.79 Å². The lowest BCUT2D eigenvalue weighted by molar-refractivity contribution is -0.0408. The number of hydrogen-bond donors (Lipinski definition) is 3. The van der Waals surface area contributed by atoms with Crippen molar-refractivity contribution in [1.29, 1.82) is 0 Å². The molecule has 4 aromatic rings. The summed E-state index contributed by atoms with van der Waals surface area (Å²) in [6.07, 6.45) is -1.83. The Morgan fingerprint density at radius 1 is 0.614 bits per heavy atom. The van der Waals surface area contributed by atoms with Gasteiger partial charge in [0, 0.05) is 13.1 Å². The molecule has 0 saturated carbocycles. The lowest BCUT2D eigenvalue weighted by Crippen LogP contribution is -2.50. The van der Waals surface area contributed by atoms with E-state index >= 15 is 0 Å². The molecule has 9 nitrogen and oxygen atoms in total. The topological polar surface area (TPSA) is 120 Å². The van der Waals surface area contributed by atoms with E-state index in [-0.39, 0.29) is 32.3 Å². The Morgan fingerprint density at radius 3 is 1.45 bits per heavy atom. The first kappa shape index (κ1) is 31.4. The number of nitrogens with zero attached hydrogens (tertiary/aromatic N) is 2. The standard InChI is InChI=1S/C34H37N2O7P/c37-32-30(20-25-10-4-1-5-11-25)35(22-27-12-6-2-7-13-27)34(39)36(23-28-14-8-3-9-15-28)31(33(32)38)21-26-16-18-29(19-17-26)42-24-43-44(40)41/h1-19,30-33,37-38,44H,20-24H2,(H,40,41)/t30-,31-,32+,33+/m1/s1. The van der Waals surface area contributed by atoms with Gasteiger partial charge in [0.2, 0.25) is 0 Å². The van der Waals surface area contributed by atoms with Gasteiger partial charge in [-0.25, -0.2) is 4.79 Å². The SMILES string of the molecule is O=C1N(Cc2ccccc2)[C@H](Cc2ccccc2)[C@H](O)[C@@H](O)[C@@H](Cc2ccc(OCO[PH](=O)O)cc2)N1Cc1ccccc1. The molecule has 4 aromatic carbocycles. The molecule has 1 saturated heterocycles. The van der Waals surface area contributed by atoms with Crippen LogP contribution in [0.5, 0.6) is 5.75 Å². The summed E-state index contributed by atoms with van der Waals surface area (Å²) in [7, 11) is -3.10. The predicted molar refractivity (Wildman–Crippen MR) is 167 cm³/mol. The van der Waals surface area contributed by atoms with E-state index in [9.17, 15) is 19.6 Å². The van der Waals surface area contributed by atoms with Gasteiger partial charge in [0.1, 0.15) is 18.0 Å². The number of amides is 2. The fraction of sp³-hybridized carbons (Fsp3) is 0.265. The molecule has 2 amide bonds. The minimum atomic E-state index is -3.10. The van der Waals surface area contributed by atoms with Crippen LogP contribution in [0.3, 0.4) is 0 Å². The molecule has 0 radical (unpaired) electrons. The first-order valence-electron chi connectivity index (χ1n) is 14.5. The van der Waals surface area contributed by atoms with E-state index in [1.54, 1.807) is 34.1 Å². The zero-order valence-corrected chi connectivity index (χ0v) is 25.2. The maximum Gasteiger partial charge on any atom is 0.321 e. The molecule has 44 heavy (non-hydrogen) atoms. The van der Waals surface area contributed by atoms with Crippen LogP contribution in [0, 0.1) is 0 Å². The normalized spacial score (nSPS) is 21.1. The number of hydrogen-bond acceptors (Lipinski definition) is 6. The number of benzene rings is 4. The van der Waals surface area contributed by atoms with Crippen molar-refractivity contribution in [3.05, 3.63) is 138 Å². The van der Waals surface area contributed by atoms with Crippen LogP contribution in [-0.2, 0) is 35.0 Å². The lowest BCUT2D eigenvalue weighted by Gasteiger charge is -2.36. The molecule has 1 fully saturated rings. The van der Waals surface area contributed by atoms with Crippen molar-refractivity contribution in [3.8, 4) is 5.75 Å². The number of aliphatic hydroxyl groups is 2. The number of rotatable bonds is 12. The smallest absolute Gasteiger partial charge is 0.321 e. The third kappa shape index (κ3) is 8.14. The van der Waals surface area contributed by atoms with E-state index in [2.05, 4.69) is 4.52 Å². The molecule has 3 N–H and O–H groups in total. The highest BCUT2D eigenvalue weighted by molar-refractivity contribution is 7.32. The minimum absolute atomic E-state index is 0.246. The number of carbonyl (C=O) groups is 1. The van der Waals surface area contributed by atoms with Crippen molar-refractivity contribution < 1.29 is 33.7 Å². The molecule has 0 bridgehead atoms. The summed E-state index contributed by atoms with van der Waals surface area (Å²) in [5.41, 5.74) is 3.59. The second-order valence-electron chi connectivity index (χ2n) is 10.8. The Kier molecular flexibility index (Phi) is 10.8. The Bertz CT molecular complexity index is 1490. The van der Waals surface area contributed by atoms with Gasteiger partial charge in [-0.05, 0) is 47.2 Å². The summed E-state index contributed by atoms with van der Waals surface area (Å²) < 4.78 is 20.7. The zero-order chi connectivity index (χ0) is 30.9. The lowest BCUT2D eigenvalue weighted by atomic mass is 9.91. The Labute approximate surface area is 257 Å². The van der Waals surface area contributed by atoms with E-state index in [0.717, 1.165) is 22.3 Å². The number of aliphatic hydroxyl groups excluding tert-OH is 2. The van der Waals surface area contributed by atoms with Crippen LogP contribution in [0.25, 0.3) is 0 Å². The van der Waals surface area contributed by atoms with Gasteiger partial charge < -0.3 is 29.6 Å². The van der Waals surface area contributed by atoms with E-state index in [0.29, 0.717) is 12.2 Å². The minimum Gasteiger partial charge on any atom is -0.467 e. The summed E-state index contributed by atoms with van der Waals surface area (Å²) in [5, 5.41) is 23.7. The molecular weight excluding hydrogens is 579 g/mol. The summed E-state index contributed by atoms with van der Waals surface area (Å²) in [4.78, 5) is 26.8. The fourth-order valence-corrected chi connectivity index (χ4v) is 5.79. The van der Waals surface area contributed by atoms with Gasteiger partial charge in [-0.3, -0.25) is 9.09 Å². The predicted octanol–water partition coefficient (Wildman–Crippen LogP) is 4.80. The molecule has 0 spiro atoms. The summed E-state index contributed by atoms with van der Waals surface area (Å²) in [5.74, 6) is 0.438. The number of ether oxygens (including phenoxy) is 1. The van der Waals surface area contributed by atoms with Crippen molar-refractivity contribution in [2.45, 2.75) is 50.2 Å². The second kappa shape index (κ2) is 15.1. The van der Waals surface area contributed by atoms with E-state index in [1.807, 2.05) is 91.0 Å². The van der Waals surface area contributed by atoms with Crippen molar-refractivity contribution >= 4 is 14.3 Å². The van der Waals surface area contributed by atoms with E-state index in [4.69, 9.17) is 9.63 Å². The van der Waals surface area contributed by atoms with Crippen LogP contribution < -0.4 is 4.74 Å². The monoisotopic (exact) mass is 616 g/mol. The van der Waals surface area contributed by atoms with Gasteiger partial charge in [0.25, 0.3) is 0 Å². The molecule has 1 heterocycles. The van der Waals surface area contributed by atoms with Crippen molar-refractivity contribution in [2.75, 3.05) is 6.79 Å². The zero-order valence-electron chi connectivity index (χ0n) is 24.2. The molecule has 1 aliphatic heterocycles. The average molecular weight is 617 g/mol. The molecule has 5 rings (SSSR count). The Morgan fingerprint density at radius 2 is 1.02 bits per heavy atom. The van der Waals surface area contributed by atoms with Crippen LogP contribution in [-0.4, -0.2) is 62.0 Å². The van der Waals surface area contributed by atoms with Crippen LogP contribution in [0.15, 0.2) is 115 Å². The Balaban J connectivity index is 1.49. The van der Waals surface area contributed by atoms with Gasteiger partial charge in [0.05, 0.1) is 12.1 Å². The van der Waals surface area contributed by atoms with Crippen LogP contribution in [0.4, 0.5) is 4.79 Å². The highest BCUT2D eigenvalue weighted by atomic mass is 31.1. The average Bonchev–Trinajstić information content (AvgIpc) is 3.10. The molecule has 230 valence electrons. The van der Waals surface area contributed by atoms with Crippen molar-refractivity contribution in [2.24, 2.45) is 0 Å². The van der Waals surface area contributed by atoms with Crippen molar-refractivity contribution in [1.82, 2.24) is 9.80 Å². The van der Waals surface area contributed by atoms with Crippen molar-refractivity contribution in [3.63, 3.8) is 0 Å². The third-order valence-electron chi connectivity index (χ3n) is 7.89. The second-order valence-corrected chi connectivity index (χ2v) is 11.7. The van der Waals surface area contributed by atoms with E-state index < -0.39 is 32.5 Å². The summed E-state index contributed by atoms with van der Waals surface area (Å²) in [6.45, 7) is 0.157. The highest BCUT2D eigenvalue weighted by Crippen LogP contribution is 2.30. The van der Waals surface area contributed by atoms with Gasteiger partial charge in [-0.2, -0.15) is 0 Å². The molecule has 0 aliphatic carbocycles. The fourth-order valence-electron chi connectivity index (χ4n) is 5.63. The van der Waals surface area contributed by atoms with Crippen LogP contribution in [0.1, 0.15) is 22.3 Å². The molecule has 1 aliphatic rings. The van der Waals surface area contributed by atoms with Gasteiger partial charge in [-0.1, -0.05) is 103 Å². The molecule has 1 unspecified atom stereocenters. The largest absolute Gasteiger partial charge is 0.467 e. The highest BCUT2D eigenvalue weighted by Gasteiger charge is 2.46. The summed E-state index contributed by atoms with van der Waals surface area (Å²) in [6, 6.07) is 34.3. The third-order valence-corrected chi connectivity index (χ3v) is 8.25. The van der Waals surface area contributed by atoms with Crippen LogP contribution in [0.2, 0.25) is 0 Å². The maximum atomic E-state index is 14.6.